The fourth-order valence-corrected chi connectivity index (χ4v) is 2.04. The van der Waals surface area contributed by atoms with Gasteiger partial charge in [0.15, 0.2) is 0 Å². The quantitative estimate of drug-likeness (QED) is 0.673. The van der Waals surface area contributed by atoms with Gasteiger partial charge in [-0.15, -0.1) is 0 Å². The minimum absolute atomic E-state index is 0.968. The Morgan fingerprint density at radius 2 is 1.85 bits per heavy atom. The first-order valence-corrected chi connectivity index (χ1v) is 5.05. The molecule has 0 aliphatic carbocycles. The molecular weight excluding hydrogens is 228 g/mol. The molecule has 1 aromatic carbocycles. The second-order valence-electron chi connectivity index (χ2n) is 3.35. The number of benzene rings is 1. The van der Waals surface area contributed by atoms with Crippen LogP contribution >= 0.6 is 15.9 Å². The van der Waals surface area contributed by atoms with Crippen LogP contribution in [0.5, 0.6) is 0 Å². The Morgan fingerprint density at radius 1 is 1.15 bits per heavy atom. The van der Waals surface area contributed by atoms with Gasteiger partial charge >= 0.3 is 0 Å². The minimum Gasteiger partial charge on any atom is -0.460 e. The van der Waals surface area contributed by atoms with Crippen molar-refractivity contribution in [2.24, 2.45) is 0 Å². The van der Waals surface area contributed by atoms with Gasteiger partial charge in [0.2, 0.25) is 0 Å². The second kappa shape index (κ2) is 2.88. The summed E-state index contributed by atoms with van der Waals surface area (Å²) in [5.41, 5.74) is 3.48. The Morgan fingerprint density at radius 3 is 2.46 bits per heavy atom. The van der Waals surface area contributed by atoms with Crippen LogP contribution in [0.1, 0.15) is 16.9 Å². The van der Waals surface area contributed by atoms with Crippen molar-refractivity contribution in [1.29, 1.82) is 0 Å². The Hall–Kier alpha value is -0.760. The molecule has 0 bridgehead atoms. The average molecular weight is 239 g/mol. The number of aryl methyl sites for hydroxylation is 3. The lowest BCUT2D eigenvalue weighted by atomic mass is 10.1. The maximum Gasteiger partial charge on any atom is 0.148 e. The summed E-state index contributed by atoms with van der Waals surface area (Å²) in [7, 11) is 0. The molecule has 0 N–H and O–H groups in total. The van der Waals surface area contributed by atoms with Gasteiger partial charge in [-0.1, -0.05) is 6.07 Å². The van der Waals surface area contributed by atoms with Crippen LogP contribution < -0.4 is 0 Å². The second-order valence-corrected chi connectivity index (χ2v) is 4.21. The normalized spacial score (nSPS) is 11.1. The average Bonchev–Trinajstić information content (AvgIpc) is 2.38. The predicted molar refractivity (Wildman–Crippen MR) is 58.1 cm³/mol. The number of furan rings is 1. The van der Waals surface area contributed by atoms with Gasteiger partial charge in [-0.2, -0.15) is 0 Å². The zero-order valence-electron chi connectivity index (χ0n) is 7.94. The van der Waals surface area contributed by atoms with Gasteiger partial charge in [0.05, 0.1) is 4.47 Å². The van der Waals surface area contributed by atoms with E-state index < -0.39 is 0 Å². The molecule has 0 saturated heterocycles. The van der Waals surface area contributed by atoms with Crippen LogP contribution in [0.15, 0.2) is 21.0 Å². The van der Waals surface area contributed by atoms with E-state index in [4.69, 9.17) is 4.42 Å². The molecule has 13 heavy (non-hydrogen) atoms. The zero-order valence-corrected chi connectivity index (χ0v) is 9.53. The van der Waals surface area contributed by atoms with E-state index in [2.05, 4.69) is 35.8 Å². The molecule has 0 fully saturated rings. The highest BCUT2D eigenvalue weighted by atomic mass is 79.9. The van der Waals surface area contributed by atoms with Crippen molar-refractivity contribution in [3.05, 3.63) is 33.5 Å². The Balaban J connectivity index is 3.00. The highest BCUT2D eigenvalue weighted by Gasteiger charge is 2.11. The summed E-state index contributed by atoms with van der Waals surface area (Å²) in [5, 5.41) is 1.24. The standard InChI is InChI=1S/C11H11BrO/c1-6-4-5-9(12)11-10(6)7(2)8(3)13-11/h4-5H,1-3H3. The van der Waals surface area contributed by atoms with Gasteiger partial charge in [0, 0.05) is 5.39 Å². The first kappa shape index (κ1) is 8.82. The summed E-state index contributed by atoms with van der Waals surface area (Å²) < 4.78 is 6.70. The van der Waals surface area contributed by atoms with Gasteiger partial charge in [0.25, 0.3) is 0 Å². The summed E-state index contributed by atoms with van der Waals surface area (Å²) in [6.45, 7) is 6.21. The van der Waals surface area contributed by atoms with Crippen LogP contribution in [-0.4, -0.2) is 0 Å². The third kappa shape index (κ3) is 1.20. The van der Waals surface area contributed by atoms with Crippen LogP contribution in [-0.2, 0) is 0 Å². The topological polar surface area (TPSA) is 13.1 Å². The fraction of sp³-hybridized carbons (Fsp3) is 0.273. The number of halogens is 1. The SMILES string of the molecule is Cc1oc2c(Br)ccc(C)c2c1C. The van der Waals surface area contributed by atoms with Crippen molar-refractivity contribution in [2.75, 3.05) is 0 Å². The van der Waals surface area contributed by atoms with E-state index in [9.17, 15) is 0 Å². The van der Waals surface area contributed by atoms with E-state index in [1.807, 2.05) is 13.0 Å². The molecule has 0 radical (unpaired) electrons. The molecule has 1 nitrogen and oxygen atoms in total. The summed E-state index contributed by atoms with van der Waals surface area (Å²) >= 11 is 3.48. The molecule has 0 aliphatic heterocycles. The monoisotopic (exact) mass is 238 g/mol. The molecule has 0 amide bonds. The van der Waals surface area contributed by atoms with Crippen molar-refractivity contribution >= 4 is 26.9 Å². The molecule has 0 unspecified atom stereocenters. The van der Waals surface area contributed by atoms with E-state index in [0.717, 1.165) is 15.8 Å². The lowest BCUT2D eigenvalue weighted by Crippen LogP contribution is -1.77. The molecule has 0 saturated carbocycles. The zero-order chi connectivity index (χ0) is 9.59. The highest BCUT2D eigenvalue weighted by molar-refractivity contribution is 9.10. The lowest BCUT2D eigenvalue weighted by Gasteiger charge is -1.97. The summed E-state index contributed by atoms with van der Waals surface area (Å²) in [5.74, 6) is 1.00. The minimum atomic E-state index is 0.968. The first-order chi connectivity index (χ1) is 6.11. The lowest BCUT2D eigenvalue weighted by molar-refractivity contribution is 0.573. The molecule has 0 aliphatic rings. The van der Waals surface area contributed by atoms with Crippen LogP contribution in [0.25, 0.3) is 11.0 Å². The van der Waals surface area contributed by atoms with Crippen molar-refractivity contribution in [1.82, 2.24) is 0 Å². The molecule has 2 aromatic rings. The smallest absolute Gasteiger partial charge is 0.148 e. The van der Waals surface area contributed by atoms with Crippen LogP contribution in [0.2, 0.25) is 0 Å². The van der Waals surface area contributed by atoms with Crippen molar-refractivity contribution < 1.29 is 4.42 Å². The molecule has 68 valence electrons. The maximum atomic E-state index is 5.66. The Labute approximate surface area is 85.9 Å². The van der Waals surface area contributed by atoms with Crippen LogP contribution in [0, 0.1) is 20.8 Å². The number of fused-ring (bicyclic) bond motifs is 1. The predicted octanol–water partition coefficient (Wildman–Crippen LogP) is 4.12. The van der Waals surface area contributed by atoms with Crippen molar-refractivity contribution in [2.45, 2.75) is 20.8 Å². The van der Waals surface area contributed by atoms with Gasteiger partial charge in [-0.05, 0) is 53.9 Å². The number of rotatable bonds is 0. The Kier molecular flexibility index (Phi) is 1.95. The number of hydrogen-bond donors (Lipinski definition) is 0. The van der Waals surface area contributed by atoms with E-state index in [-0.39, 0.29) is 0 Å². The molecule has 1 aromatic heterocycles. The third-order valence-corrected chi connectivity index (χ3v) is 3.10. The molecule has 1 heterocycles. The van der Waals surface area contributed by atoms with Gasteiger partial charge in [-0.25, -0.2) is 0 Å². The van der Waals surface area contributed by atoms with Crippen molar-refractivity contribution in [3.63, 3.8) is 0 Å². The van der Waals surface area contributed by atoms with Crippen LogP contribution in [0.4, 0.5) is 0 Å². The van der Waals surface area contributed by atoms with Gasteiger partial charge < -0.3 is 4.42 Å². The summed E-state index contributed by atoms with van der Waals surface area (Å²) in [6, 6.07) is 4.13. The van der Waals surface area contributed by atoms with Gasteiger partial charge in [0.1, 0.15) is 11.3 Å². The molecule has 2 rings (SSSR count). The summed E-state index contributed by atoms with van der Waals surface area (Å²) in [6.07, 6.45) is 0. The molecule has 2 heteroatoms. The van der Waals surface area contributed by atoms with E-state index in [1.54, 1.807) is 0 Å². The van der Waals surface area contributed by atoms with Crippen LogP contribution in [0.3, 0.4) is 0 Å². The molecule has 0 spiro atoms. The highest BCUT2D eigenvalue weighted by Crippen LogP contribution is 2.32. The van der Waals surface area contributed by atoms with Gasteiger partial charge in [-0.3, -0.25) is 0 Å². The van der Waals surface area contributed by atoms with E-state index >= 15 is 0 Å². The third-order valence-electron chi connectivity index (χ3n) is 2.48. The fourth-order valence-electron chi connectivity index (χ4n) is 1.63. The Bertz CT molecular complexity index is 468. The van der Waals surface area contributed by atoms with E-state index in [1.165, 1.54) is 16.5 Å². The summed E-state index contributed by atoms with van der Waals surface area (Å²) in [4.78, 5) is 0. The first-order valence-electron chi connectivity index (χ1n) is 4.26. The largest absolute Gasteiger partial charge is 0.460 e. The van der Waals surface area contributed by atoms with E-state index in [0.29, 0.717) is 0 Å². The molecular formula is C11H11BrO. The number of hydrogen-bond acceptors (Lipinski definition) is 1. The molecule has 0 atom stereocenters. The maximum absolute atomic E-state index is 5.66. The van der Waals surface area contributed by atoms with Crippen molar-refractivity contribution in [3.8, 4) is 0 Å².